The van der Waals surface area contributed by atoms with Crippen LogP contribution in [-0.2, 0) is 4.79 Å². The topological polar surface area (TPSA) is 68.2 Å². The average Bonchev–Trinajstić information content (AvgIpc) is 2.71. The van der Waals surface area contributed by atoms with E-state index in [1.54, 1.807) is 0 Å². The number of hydrogen-bond donors (Lipinski definition) is 1. The van der Waals surface area contributed by atoms with Crippen molar-refractivity contribution in [3.05, 3.63) is 69.4 Å². The highest BCUT2D eigenvalue weighted by Crippen LogP contribution is 2.18. The van der Waals surface area contributed by atoms with Crippen LogP contribution in [0.5, 0.6) is 0 Å². The van der Waals surface area contributed by atoms with Crippen molar-refractivity contribution in [3.8, 4) is 0 Å². The van der Waals surface area contributed by atoms with Crippen LogP contribution in [0.25, 0.3) is 0 Å². The summed E-state index contributed by atoms with van der Waals surface area (Å²) in [5, 5.41) is 3.04. The van der Waals surface area contributed by atoms with Gasteiger partial charge in [-0.25, -0.2) is 4.39 Å². The standard InChI is InChI=1S/C22H26ClFN2O3/c1-3-5-6-15(4-2)13-25-22(29)20(26-14-17(23)9-12-19(26)27)21(28)16-7-10-18(24)11-8-16/h7-12,14-15,20H,3-6,13H2,1-2H3,(H,25,29)/t15-,20+/m1/s1. The second kappa shape index (κ2) is 10.9. The Bertz CT molecular complexity index is 896. The van der Waals surface area contributed by atoms with Crippen molar-refractivity contribution in [3.63, 3.8) is 0 Å². The average molecular weight is 421 g/mol. The number of carbonyl (C=O) groups excluding carboxylic acids is 2. The molecule has 2 aromatic rings. The van der Waals surface area contributed by atoms with Gasteiger partial charge in [-0.05, 0) is 42.7 Å². The first-order valence-electron chi connectivity index (χ1n) is 9.82. The lowest BCUT2D eigenvalue weighted by atomic mass is 9.98. The van der Waals surface area contributed by atoms with Crippen molar-refractivity contribution in [1.82, 2.24) is 9.88 Å². The number of nitrogens with one attached hydrogen (secondary N) is 1. The third-order valence-corrected chi connectivity index (χ3v) is 5.14. The van der Waals surface area contributed by atoms with Gasteiger partial charge in [0.25, 0.3) is 11.5 Å². The molecule has 1 heterocycles. The van der Waals surface area contributed by atoms with E-state index in [0.29, 0.717) is 6.54 Å². The van der Waals surface area contributed by atoms with E-state index in [9.17, 15) is 18.8 Å². The van der Waals surface area contributed by atoms with Crippen LogP contribution < -0.4 is 10.9 Å². The fourth-order valence-electron chi connectivity index (χ4n) is 3.11. The number of carbonyl (C=O) groups is 2. The first-order valence-corrected chi connectivity index (χ1v) is 10.2. The summed E-state index contributed by atoms with van der Waals surface area (Å²) < 4.78 is 14.3. The van der Waals surface area contributed by atoms with E-state index in [0.717, 1.165) is 42.4 Å². The molecule has 7 heteroatoms. The predicted octanol–water partition coefficient (Wildman–Crippen LogP) is 4.40. The van der Waals surface area contributed by atoms with E-state index in [2.05, 4.69) is 19.2 Å². The molecule has 2 atom stereocenters. The van der Waals surface area contributed by atoms with Gasteiger partial charge in [0.05, 0.1) is 5.02 Å². The molecule has 0 aliphatic rings. The first-order chi connectivity index (χ1) is 13.9. The molecular formula is C22H26ClFN2O3. The van der Waals surface area contributed by atoms with Crippen LogP contribution in [0.3, 0.4) is 0 Å². The number of halogens is 2. The van der Waals surface area contributed by atoms with Gasteiger partial charge >= 0.3 is 0 Å². The lowest BCUT2D eigenvalue weighted by molar-refractivity contribution is -0.123. The fraction of sp³-hybridized carbons (Fsp3) is 0.409. The number of pyridine rings is 1. The molecule has 0 fully saturated rings. The monoisotopic (exact) mass is 420 g/mol. The molecule has 1 N–H and O–H groups in total. The Labute approximate surface area is 174 Å². The molecule has 156 valence electrons. The minimum Gasteiger partial charge on any atom is -0.354 e. The van der Waals surface area contributed by atoms with Gasteiger partial charge in [0, 0.05) is 24.4 Å². The lowest BCUT2D eigenvalue weighted by Crippen LogP contribution is -2.42. The quantitative estimate of drug-likeness (QED) is 0.457. The summed E-state index contributed by atoms with van der Waals surface area (Å²) in [4.78, 5) is 38.4. The molecule has 0 saturated carbocycles. The summed E-state index contributed by atoms with van der Waals surface area (Å²) in [7, 11) is 0. The zero-order valence-electron chi connectivity index (χ0n) is 16.7. The van der Waals surface area contributed by atoms with E-state index in [4.69, 9.17) is 11.6 Å². The van der Waals surface area contributed by atoms with Crippen molar-refractivity contribution in [2.24, 2.45) is 5.92 Å². The van der Waals surface area contributed by atoms with Gasteiger partial charge in [0.1, 0.15) is 5.82 Å². The van der Waals surface area contributed by atoms with Gasteiger partial charge in [0.2, 0.25) is 0 Å². The Morgan fingerprint density at radius 1 is 1.14 bits per heavy atom. The number of hydrogen-bond acceptors (Lipinski definition) is 3. The van der Waals surface area contributed by atoms with Crippen LogP contribution >= 0.6 is 11.6 Å². The summed E-state index contributed by atoms with van der Waals surface area (Å²) in [6.07, 6.45) is 5.26. The largest absolute Gasteiger partial charge is 0.354 e. The lowest BCUT2D eigenvalue weighted by Gasteiger charge is -2.21. The van der Waals surface area contributed by atoms with Crippen LogP contribution in [0.4, 0.5) is 4.39 Å². The maximum Gasteiger partial charge on any atom is 0.251 e. The van der Waals surface area contributed by atoms with Gasteiger partial charge in [-0.1, -0.05) is 44.7 Å². The Kier molecular flexibility index (Phi) is 8.58. The smallest absolute Gasteiger partial charge is 0.251 e. The third kappa shape index (κ3) is 6.26. The van der Waals surface area contributed by atoms with Crippen LogP contribution in [0, 0.1) is 11.7 Å². The Morgan fingerprint density at radius 2 is 1.83 bits per heavy atom. The van der Waals surface area contributed by atoms with Gasteiger partial charge in [0.15, 0.2) is 11.8 Å². The van der Waals surface area contributed by atoms with E-state index in [-0.39, 0.29) is 16.5 Å². The minimum atomic E-state index is -1.42. The van der Waals surface area contributed by atoms with Crippen LogP contribution in [-0.4, -0.2) is 22.8 Å². The number of nitrogens with zero attached hydrogens (tertiary/aromatic N) is 1. The van der Waals surface area contributed by atoms with Gasteiger partial charge in [-0.15, -0.1) is 0 Å². The SMILES string of the molecule is CCCC[C@@H](CC)CNC(=O)[C@H](C(=O)c1ccc(F)cc1)n1cc(Cl)ccc1=O. The number of unbranched alkanes of at least 4 members (excludes halogenated alkanes) is 1. The second-order valence-corrected chi connectivity index (χ2v) is 7.46. The summed E-state index contributed by atoms with van der Waals surface area (Å²) in [6.45, 7) is 4.57. The van der Waals surface area contributed by atoms with Gasteiger partial charge in [-0.3, -0.25) is 19.0 Å². The summed E-state index contributed by atoms with van der Waals surface area (Å²) >= 11 is 5.99. The molecule has 0 bridgehead atoms. The van der Waals surface area contributed by atoms with E-state index in [1.165, 1.54) is 30.5 Å². The van der Waals surface area contributed by atoms with Crippen LogP contribution in [0.1, 0.15) is 55.9 Å². The van der Waals surface area contributed by atoms with Crippen LogP contribution in [0.2, 0.25) is 5.02 Å². The van der Waals surface area contributed by atoms with Gasteiger partial charge in [-0.2, -0.15) is 0 Å². The van der Waals surface area contributed by atoms with Crippen molar-refractivity contribution in [2.45, 2.75) is 45.6 Å². The highest BCUT2D eigenvalue weighted by Gasteiger charge is 2.30. The molecule has 1 aromatic heterocycles. The third-order valence-electron chi connectivity index (χ3n) is 4.91. The number of amides is 1. The molecule has 5 nitrogen and oxygen atoms in total. The molecule has 2 rings (SSSR count). The van der Waals surface area contributed by atoms with Crippen molar-refractivity contribution >= 4 is 23.3 Å². The number of aromatic nitrogens is 1. The maximum absolute atomic E-state index is 13.2. The Balaban J connectivity index is 2.32. The normalized spacial score (nSPS) is 13.0. The van der Waals surface area contributed by atoms with E-state index in [1.807, 2.05) is 0 Å². The molecular weight excluding hydrogens is 395 g/mol. The van der Waals surface area contributed by atoms with E-state index < -0.39 is 29.1 Å². The zero-order valence-corrected chi connectivity index (χ0v) is 17.4. The van der Waals surface area contributed by atoms with Crippen molar-refractivity contribution in [2.75, 3.05) is 6.54 Å². The zero-order chi connectivity index (χ0) is 21.4. The minimum absolute atomic E-state index is 0.136. The highest BCUT2D eigenvalue weighted by atomic mass is 35.5. The second-order valence-electron chi connectivity index (χ2n) is 7.03. The molecule has 0 aliphatic heterocycles. The van der Waals surface area contributed by atoms with Crippen molar-refractivity contribution in [1.29, 1.82) is 0 Å². The van der Waals surface area contributed by atoms with Gasteiger partial charge < -0.3 is 5.32 Å². The Morgan fingerprint density at radius 3 is 2.45 bits per heavy atom. The summed E-state index contributed by atoms with van der Waals surface area (Å²) in [5.74, 6) is -1.40. The summed E-state index contributed by atoms with van der Waals surface area (Å²) in [6, 6.07) is 6.05. The number of ketones is 1. The number of Topliss-reactive ketones (excluding diaryl/α,β-unsaturated/α-hetero) is 1. The Hall–Kier alpha value is -2.47. The number of rotatable bonds is 10. The summed E-state index contributed by atoms with van der Waals surface area (Å²) in [5.41, 5.74) is -0.389. The molecule has 1 amide bonds. The van der Waals surface area contributed by atoms with E-state index >= 15 is 0 Å². The fourth-order valence-corrected chi connectivity index (χ4v) is 3.28. The predicted molar refractivity (Wildman–Crippen MR) is 112 cm³/mol. The molecule has 0 spiro atoms. The first kappa shape index (κ1) is 22.8. The maximum atomic E-state index is 13.2. The molecule has 1 aromatic carbocycles. The molecule has 29 heavy (non-hydrogen) atoms. The number of benzene rings is 1. The van der Waals surface area contributed by atoms with Crippen LogP contribution in [0.15, 0.2) is 47.4 Å². The molecule has 0 radical (unpaired) electrons. The molecule has 0 saturated heterocycles. The molecule has 0 aliphatic carbocycles. The van der Waals surface area contributed by atoms with Crippen molar-refractivity contribution < 1.29 is 14.0 Å². The highest BCUT2D eigenvalue weighted by molar-refractivity contribution is 6.30. The molecule has 0 unspecified atom stereocenters.